The van der Waals surface area contributed by atoms with Gasteiger partial charge in [-0.05, 0) is 37.5 Å². The molecule has 8 nitrogen and oxygen atoms in total. The normalized spacial score (nSPS) is 20.0. The zero-order chi connectivity index (χ0) is 22.5. The molecule has 1 saturated heterocycles. The van der Waals surface area contributed by atoms with Crippen molar-refractivity contribution in [1.29, 1.82) is 0 Å². The lowest BCUT2D eigenvalue weighted by atomic mass is 9.83. The summed E-state index contributed by atoms with van der Waals surface area (Å²) >= 11 is 1.15. The highest BCUT2D eigenvalue weighted by Gasteiger charge is 2.37. The highest BCUT2D eigenvalue weighted by Crippen LogP contribution is 2.36. The van der Waals surface area contributed by atoms with Crippen LogP contribution in [0, 0.1) is 12.8 Å². The molecule has 5 rings (SSSR count). The highest BCUT2D eigenvalue weighted by molar-refractivity contribution is 7.93. The molecule has 1 N–H and O–H groups in total. The Bertz CT molecular complexity index is 1350. The summed E-state index contributed by atoms with van der Waals surface area (Å²) in [5.74, 6) is 0.112. The van der Waals surface area contributed by atoms with Gasteiger partial charge in [0.15, 0.2) is 5.13 Å². The molecule has 2 aromatic heterocycles. The van der Waals surface area contributed by atoms with Crippen LogP contribution in [-0.2, 0) is 16.6 Å². The number of likely N-dealkylation sites (tertiary alicyclic amines) is 1. The number of nitrogens with one attached hydrogen (secondary N) is 1. The van der Waals surface area contributed by atoms with Gasteiger partial charge >= 0.3 is 0 Å². The van der Waals surface area contributed by atoms with Crippen LogP contribution in [0.1, 0.15) is 33.4 Å². The maximum absolute atomic E-state index is 13.3. The number of anilines is 1. The van der Waals surface area contributed by atoms with Crippen LogP contribution in [-0.4, -0.2) is 41.9 Å². The van der Waals surface area contributed by atoms with Crippen molar-refractivity contribution in [1.82, 2.24) is 14.5 Å². The van der Waals surface area contributed by atoms with E-state index in [-0.39, 0.29) is 39.0 Å². The third-order valence-electron chi connectivity index (χ3n) is 6.04. The molecule has 3 aromatic rings. The monoisotopic (exact) mass is 470 g/mol. The molecule has 166 valence electrons. The van der Waals surface area contributed by atoms with Gasteiger partial charge in [0.1, 0.15) is 5.69 Å². The van der Waals surface area contributed by atoms with Crippen LogP contribution in [0.5, 0.6) is 0 Å². The fourth-order valence-corrected chi connectivity index (χ4v) is 6.69. The lowest BCUT2D eigenvalue weighted by molar-refractivity contribution is 0.0589. The fraction of sp³-hybridized carbons (Fsp3) is 0.318. The standard InChI is InChI=1S/C22H22N4O4S2/c1-14-20(23-22(31-14)24-32(29,30)17-6-3-2-4-7-17)21(28)25-11-15-10-16(13-25)18-8-5-9-19(27)26(18)12-15/h2-9,15-16H,10-13H2,1H3,(H,23,24)/t15-,16+/m1/s1. The van der Waals surface area contributed by atoms with Gasteiger partial charge in [0, 0.05) is 42.2 Å². The van der Waals surface area contributed by atoms with Crippen molar-refractivity contribution in [2.45, 2.75) is 30.7 Å². The average molecular weight is 471 g/mol. The Balaban J connectivity index is 1.37. The summed E-state index contributed by atoms with van der Waals surface area (Å²) in [7, 11) is -3.78. The lowest BCUT2D eigenvalue weighted by Crippen LogP contribution is -2.49. The summed E-state index contributed by atoms with van der Waals surface area (Å²) in [6.45, 7) is 3.44. The van der Waals surface area contributed by atoms with Gasteiger partial charge in [0.25, 0.3) is 21.5 Å². The lowest BCUT2D eigenvalue weighted by Gasteiger charge is -2.42. The summed E-state index contributed by atoms with van der Waals surface area (Å²) in [6.07, 6.45) is 0.950. The molecule has 2 aliphatic heterocycles. The largest absolute Gasteiger partial charge is 0.336 e. The number of benzene rings is 1. The first kappa shape index (κ1) is 20.9. The highest BCUT2D eigenvalue weighted by atomic mass is 32.2. The van der Waals surface area contributed by atoms with Crippen molar-refractivity contribution >= 4 is 32.4 Å². The van der Waals surface area contributed by atoms with E-state index in [1.54, 1.807) is 42.2 Å². The minimum atomic E-state index is -3.78. The van der Waals surface area contributed by atoms with Gasteiger partial charge in [0.05, 0.1) is 4.90 Å². The molecular formula is C22H22N4O4S2. The summed E-state index contributed by atoms with van der Waals surface area (Å²) in [5, 5.41) is 0.170. The van der Waals surface area contributed by atoms with Gasteiger partial charge in [-0.3, -0.25) is 14.3 Å². The third-order valence-corrected chi connectivity index (χ3v) is 8.41. The Labute approximate surface area is 189 Å². The summed E-state index contributed by atoms with van der Waals surface area (Å²) in [4.78, 5) is 32.4. The first-order valence-corrected chi connectivity index (χ1v) is 12.7. The second kappa shape index (κ2) is 7.86. The molecule has 10 heteroatoms. The first-order chi connectivity index (χ1) is 15.3. The first-order valence-electron chi connectivity index (χ1n) is 10.4. The van der Waals surface area contributed by atoms with Crippen LogP contribution in [0.15, 0.2) is 58.2 Å². The minimum Gasteiger partial charge on any atom is -0.336 e. The van der Waals surface area contributed by atoms with Crippen molar-refractivity contribution in [3.63, 3.8) is 0 Å². The van der Waals surface area contributed by atoms with Crippen LogP contribution >= 0.6 is 11.3 Å². The predicted molar refractivity (Wildman–Crippen MR) is 122 cm³/mol. The number of thiazole rings is 1. The number of aromatic nitrogens is 2. The molecule has 0 unspecified atom stereocenters. The Hall–Kier alpha value is -2.98. The van der Waals surface area contributed by atoms with Gasteiger partial charge < -0.3 is 9.47 Å². The van der Waals surface area contributed by atoms with Crippen LogP contribution in [0.3, 0.4) is 0 Å². The molecule has 4 heterocycles. The van der Waals surface area contributed by atoms with Crippen LogP contribution in [0.25, 0.3) is 0 Å². The molecule has 2 aliphatic rings. The van der Waals surface area contributed by atoms with Crippen molar-refractivity contribution in [3.05, 3.63) is 75.1 Å². The number of carbonyl (C=O) groups excluding carboxylic acids is 1. The number of hydrogen-bond donors (Lipinski definition) is 1. The molecule has 0 spiro atoms. The Morgan fingerprint density at radius 2 is 1.88 bits per heavy atom. The number of aryl methyl sites for hydroxylation is 1. The smallest absolute Gasteiger partial charge is 0.273 e. The number of pyridine rings is 1. The van der Waals surface area contributed by atoms with E-state index in [9.17, 15) is 18.0 Å². The van der Waals surface area contributed by atoms with E-state index in [4.69, 9.17) is 0 Å². The third kappa shape index (κ3) is 3.73. The molecule has 32 heavy (non-hydrogen) atoms. The predicted octanol–water partition coefficient (Wildman–Crippen LogP) is 2.67. The zero-order valence-corrected chi connectivity index (χ0v) is 19.0. The van der Waals surface area contributed by atoms with E-state index < -0.39 is 10.0 Å². The number of fused-ring (bicyclic) bond motifs is 4. The fourth-order valence-electron chi connectivity index (χ4n) is 4.62. The minimum absolute atomic E-state index is 0.00247. The van der Waals surface area contributed by atoms with E-state index in [0.717, 1.165) is 23.5 Å². The van der Waals surface area contributed by atoms with Crippen molar-refractivity contribution < 1.29 is 13.2 Å². The van der Waals surface area contributed by atoms with Crippen LogP contribution in [0.4, 0.5) is 5.13 Å². The van der Waals surface area contributed by atoms with E-state index in [2.05, 4.69) is 9.71 Å². The van der Waals surface area contributed by atoms with Crippen molar-refractivity contribution in [2.24, 2.45) is 5.92 Å². The Kier molecular flexibility index (Phi) is 5.13. The molecule has 0 radical (unpaired) electrons. The van der Waals surface area contributed by atoms with Crippen molar-refractivity contribution in [3.8, 4) is 0 Å². The number of sulfonamides is 1. The number of carbonyl (C=O) groups is 1. The van der Waals surface area contributed by atoms with E-state index >= 15 is 0 Å². The number of piperidine rings is 1. The molecule has 2 bridgehead atoms. The number of amides is 1. The SMILES string of the molecule is Cc1sc(NS(=O)(=O)c2ccccc2)nc1C(=O)N1C[C@H]2C[C@@H](C1)c1cccc(=O)n1C2. The van der Waals surface area contributed by atoms with Gasteiger partial charge in [0.2, 0.25) is 0 Å². The molecule has 2 atom stereocenters. The number of hydrogen-bond acceptors (Lipinski definition) is 6. The van der Waals surface area contributed by atoms with Gasteiger partial charge in [-0.25, -0.2) is 13.4 Å². The van der Waals surface area contributed by atoms with Crippen molar-refractivity contribution in [2.75, 3.05) is 17.8 Å². The molecule has 1 amide bonds. The second-order valence-corrected chi connectivity index (χ2v) is 11.1. The average Bonchev–Trinajstić information content (AvgIpc) is 3.13. The Morgan fingerprint density at radius 3 is 2.66 bits per heavy atom. The molecule has 0 aliphatic carbocycles. The molecular weight excluding hydrogens is 448 g/mol. The van der Waals surface area contributed by atoms with E-state index in [1.165, 1.54) is 12.1 Å². The molecule has 1 fully saturated rings. The number of rotatable bonds is 4. The van der Waals surface area contributed by atoms with E-state index in [1.807, 2.05) is 10.6 Å². The summed E-state index contributed by atoms with van der Waals surface area (Å²) in [5.41, 5.74) is 1.24. The van der Waals surface area contributed by atoms with Crippen LogP contribution < -0.4 is 10.3 Å². The van der Waals surface area contributed by atoms with E-state index in [0.29, 0.717) is 24.5 Å². The molecule has 1 aromatic carbocycles. The molecule has 0 saturated carbocycles. The number of nitrogens with zero attached hydrogens (tertiary/aromatic N) is 3. The Morgan fingerprint density at radius 1 is 1.09 bits per heavy atom. The quantitative estimate of drug-likeness (QED) is 0.632. The maximum atomic E-state index is 13.3. The van der Waals surface area contributed by atoms with Gasteiger partial charge in [-0.2, -0.15) is 0 Å². The summed E-state index contributed by atoms with van der Waals surface area (Å²) < 4.78 is 29.5. The topological polar surface area (TPSA) is 101 Å². The maximum Gasteiger partial charge on any atom is 0.273 e. The summed E-state index contributed by atoms with van der Waals surface area (Å²) in [6, 6.07) is 13.4. The van der Waals surface area contributed by atoms with Gasteiger partial charge in [-0.15, -0.1) is 11.3 Å². The second-order valence-electron chi connectivity index (χ2n) is 8.25. The zero-order valence-electron chi connectivity index (χ0n) is 17.4. The van der Waals surface area contributed by atoms with Gasteiger partial charge in [-0.1, -0.05) is 24.3 Å². The van der Waals surface area contributed by atoms with Crippen LogP contribution in [0.2, 0.25) is 0 Å².